The van der Waals surface area contributed by atoms with Crippen molar-refractivity contribution in [1.29, 1.82) is 0 Å². The van der Waals surface area contributed by atoms with Gasteiger partial charge < -0.3 is 14.6 Å². The lowest BCUT2D eigenvalue weighted by molar-refractivity contribution is -0.117. The van der Waals surface area contributed by atoms with Crippen molar-refractivity contribution in [1.82, 2.24) is 4.72 Å². The average Bonchev–Trinajstić information content (AvgIpc) is 3.04. The average molecular weight is 475 g/mol. The molecule has 1 aliphatic rings. The van der Waals surface area contributed by atoms with Gasteiger partial charge in [0, 0.05) is 11.8 Å². The van der Waals surface area contributed by atoms with Gasteiger partial charge in [-0.15, -0.1) is 0 Å². The van der Waals surface area contributed by atoms with Crippen LogP contribution in [0, 0.1) is 5.82 Å². The Kier molecular flexibility index (Phi) is 6.39. The van der Waals surface area contributed by atoms with Crippen LogP contribution in [0.3, 0.4) is 0 Å². The number of hydrogen-bond donors (Lipinski definition) is 2. The molecule has 0 bridgehead atoms. The molecule has 3 aromatic carbocycles. The lowest BCUT2D eigenvalue weighted by Gasteiger charge is -2.21. The quantitative estimate of drug-likeness (QED) is 0.520. The molecule has 0 aliphatic carbocycles. The number of anilines is 1. The monoisotopic (exact) mass is 474 g/mol. The zero-order valence-electron chi connectivity index (χ0n) is 17.8. The number of carbonyl (C=O) groups excluding carboxylic acids is 1. The summed E-state index contributed by atoms with van der Waals surface area (Å²) in [7, 11) is -4.26. The summed E-state index contributed by atoms with van der Waals surface area (Å²) >= 11 is 0. The van der Waals surface area contributed by atoms with Crippen molar-refractivity contribution in [3.63, 3.8) is 0 Å². The van der Waals surface area contributed by atoms with Crippen LogP contribution in [0.25, 0.3) is 10.8 Å². The number of nitrogens with one attached hydrogen (secondary N) is 1. The number of fused-ring (bicyclic) bond motifs is 1. The van der Waals surface area contributed by atoms with Crippen LogP contribution in [0.1, 0.15) is 18.9 Å². The van der Waals surface area contributed by atoms with Gasteiger partial charge in [-0.3, -0.25) is 4.79 Å². The Bertz CT molecular complexity index is 1280. The minimum Gasteiger partial charge on any atom is -0.493 e. The highest BCUT2D eigenvalue weighted by molar-refractivity contribution is 7.92. The van der Waals surface area contributed by atoms with Crippen molar-refractivity contribution in [2.75, 3.05) is 17.5 Å². The van der Waals surface area contributed by atoms with E-state index in [-0.39, 0.29) is 30.0 Å². The van der Waals surface area contributed by atoms with E-state index < -0.39 is 34.6 Å². The molecular weight excluding hydrogens is 451 g/mol. The molecule has 4 rings (SSSR count). The number of amides is 1. The molecule has 1 amide bonds. The lowest BCUT2D eigenvalue weighted by atomic mass is 10.1. The molecule has 1 aliphatic heterocycles. The number of ether oxygens (including phenoxy) is 2. The molecule has 8 nitrogen and oxygen atoms in total. The summed E-state index contributed by atoms with van der Waals surface area (Å²) in [6.07, 6.45) is -0.138. The molecule has 10 heteroatoms. The maximum absolute atomic E-state index is 15.8. The lowest BCUT2D eigenvalue weighted by Crippen LogP contribution is -2.30. The Hall–Kier alpha value is -3.37. The maximum Gasteiger partial charge on any atom is 0.326 e. The van der Waals surface area contributed by atoms with Gasteiger partial charge in [-0.2, -0.15) is 8.42 Å². The summed E-state index contributed by atoms with van der Waals surface area (Å²) in [5, 5.41) is 9.97. The molecule has 1 heterocycles. The summed E-state index contributed by atoms with van der Waals surface area (Å²) in [6.45, 7) is 1.39. The minimum absolute atomic E-state index is 0.00768. The van der Waals surface area contributed by atoms with Crippen molar-refractivity contribution in [3.8, 4) is 11.5 Å². The van der Waals surface area contributed by atoms with E-state index in [0.717, 1.165) is 5.56 Å². The summed E-state index contributed by atoms with van der Waals surface area (Å²) in [5.41, 5.74) is 0.460. The van der Waals surface area contributed by atoms with Crippen LogP contribution in [0.4, 0.5) is 10.1 Å². The number of nitrogens with zero attached hydrogens (tertiary/aromatic N) is 1. The fourth-order valence-electron chi connectivity index (χ4n) is 3.46. The van der Waals surface area contributed by atoms with Crippen molar-refractivity contribution in [3.05, 3.63) is 66.0 Å². The number of halogens is 1. The fraction of sp³-hybridized carbons (Fsp3) is 0.261. The van der Waals surface area contributed by atoms with Crippen LogP contribution >= 0.6 is 0 Å². The third-order valence-electron chi connectivity index (χ3n) is 5.10. The van der Waals surface area contributed by atoms with Gasteiger partial charge in [0.25, 0.3) is 5.91 Å². The molecule has 0 unspecified atom stereocenters. The first-order chi connectivity index (χ1) is 15.7. The van der Waals surface area contributed by atoms with Gasteiger partial charge >= 0.3 is 10.2 Å². The zero-order valence-corrected chi connectivity index (χ0v) is 18.6. The predicted octanol–water partition coefficient (Wildman–Crippen LogP) is 2.89. The van der Waals surface area contributed by atoms with E-state index in [4.69, 9.17) is 9.47 Å². The normalized spacial score (nSPS) is 16.0. The van der Waals surface area contributed by atoms with E-state index in [0.29, 0.717) is 21.9 Å². The number of benzene rings is 3. The van der Waals surface area contributed by atoms with Crippen molar-refractivity contribution in [2.45, 2.75) is 26.1 Å². The van der Waals surface area contributed by atoms with Gasteiger partial charge in [0.1, 0.15) is 30.3 Å². The Morgan fingerprint density at radius 1 is 1.15 bits per heavy atom. The first-order valence-electron chi connectivity index (χ1n) is 10.3. The summed E-state index contributed by atoms with van der Waals surface area (Å²) < 4.78 is 54.7. The molecular formula is C23H23FN2O6S. The summed E-state index contributed by atoms with van der Waals surface area (Å²) in [5.74, 6) is -1.26. The first-order valence-corrected chi connectivity index (χ1v) is 11.8. The van der Waals surface area contributed by atoms with E-state index in [9.17, 15) is 18.3 Å². The number of carbonyl (C=O) groups is 1. The van der Waals surface area contributed by atoms with Crippen LogP contribution in [0.15, 0.2) is 54.6 Å². The smallest absolute Gasteiger partial charge is 0.326 e. The second-order valence-electron chi connectivity index (χ2n) is 7.72. The second kappa shape index (κ2) is 9.24. The van der Waals surface area contributed by atoms with Crippen LogP contribution in [-0.4, -0.2) is 38.7 Å². The first kappa shape index (κ1) is 22.8. The standard InChI is InChI=1S/C23H23FN2O6S/c1-15(27)9-10-31-18-8-7-17-11-20(32-14-16-5-3-2-4-6-16)23(22(24)19(17)12-18)26-13-21(28)25-33(26,29)30/h2-8,11-12,15,27H,9-10,13-14H2,1H3,(H,25,28)/t15-/m1/s1. The Labute approximate surface area is 190 Å². The van der Waals surface area contributed by atoms with Gasteiger partial charge in [0.05, 0.1) is 12.7 Å². The number of aliphatic hydroxyl groups is 1. The van der Waals surface area contributed by atoms with E-state index >= 15 is 4.39 Å². The highest BCUT2D eigenvalue weighted by atomic mass is 32.2. The third-order valence-corrected chi connectivity index (χ3v) is 6.48. The highest BCUT2D eigenvalue weighted by Crippen LogP contribution is 2.40. The molecule has 0 radical (unpaired) electrons. The highest BCUT2D eigenvalue weighted by Gasteiger charge is 2.38. The number of rotatable bonds is 8. The van der Waals surface area contributed by atoms with E-state index in [1.165, 1.54) is 12.1 Å². The molecule has 1 saturated heterocycles. The fourth-order valence-corrected chi connectivity index (χ4v) is 4.62. The molecule has 0 saturated carbocycles. The number of hydrogen-bond acceptors (Lipinski definition) is 6. The van der Waals surface area contributed by atoms with E-state index in [1.54, 1.807) is 19.1 Å². The van der Waals surface area contributed by atoms with Crippen LogP contribution < -0.4 is 18.5 Å². The summed E-state index contributed by atoms with van der Waals surface area (Å²) in [4.78, 5) is 11.8. The Balaban J connectivity index is 1.76. The Morgan fingerprint density at radius 3 is 2.58 bits per heavy atom. The van der Waals surface area contributed by atoms with Gasteiger partial charge in [-0.05, 0) is 36.1 Å². The largest absolute Gasteiger partial charge is 0.493 e. The molecule has 0 spiro atoms. The van der Waals surface area contributed by atoms with Gasteiger partial charge in [-0.1, -0.05) is 36.4 Å². The molecule has 174 valence electrons. The molecule has 0 aromatic heterocycles. The SMILES string of the molecule is C[C@@H](O)CCOc1ccc2cc(OCc3ccccc3)c(N3CC(=O)NS3(=O)=O)c(F)c2c1. The zero-order chi connectivity index (χ0) is 23.6. The molecule has 1 atom stereocenters. The molecule has 2 N–H and O–H groups in total. The third kappa shape index (κ3) is 5.01. The topological polar surface area (TPSA) is 105 Å². The molecule has 33 heavy (non-hydrogen) atoms. The van der Waals surface area contributed by atoms with E-state index in [1.807, 2.05) is 35.1 Å². The van der Waals surface area contributed by atoms with Gasteiger partial charge in [0.2, 0.25) is 0 Å². The summed E-state index contributed by atoms with van der Waals surface area (Å²) in [6, 6.07) is 15.4. The second-order valence-corrected chi connectivity index (χ2v) is 9.31. The van der Waals surface area contributed by atoms with Crippen LogP contribution in [-0.2, 0) is 21.6 Å². The molecule has 3 aromatic rings. The van der Waals surface area contributed by atoms with Crippen molar-refractivity contribution < 1.29 is 32.2 Å². The molecule has 1 fully saturated rings. The van der Waals surface area contributed by atoms with Crippen molar-refractivity contribution >= 4 is 32.6 Å². The van der Waals surface area contributed by atoms with Crippen molar-refractivity contribution in [2.24, 2.45) is 0 Å². The maximum atomic E-state index is 15.8. The van der Waals surface area contributed by atoms with Gasteiger partial charge in [-0.25, -0.2) is 13.4 Å². The minimum atomic E-state index is -4.26. The van der Waals surface area contributed by atoms with Gasteiger partial charge in [0.15, 0.2) is 5.82 Å². The van der Waals surface area contributed by atoms with Crippen LogP contribution in [0.5, 0.6) is 11.5 Å². The van der Waals surface area contributed by atoms with E-state index in [2.05, 4.69) is 0 Å². The predicted molar refractivity (Wildman–Crippen MR) is 121 cm³/mol. The Morgan fingerprint density at radius 2 is 1.91 bits per heavy atom. The van der Waals surface area contributed by atoms with Crippen LogP contribution in [0.2, 0.25) is 0 Å². The number of aliphatic hydroxyl groups excluding tert-OH is 1.